The van der Waals surface area contributed by atoms with Crippen LogP contribution in [0.2, 0.25) is 0 Å². The van der Waals surface area contributed by atoms with Gasteiger partial charge in [0.05, 0.1) is 26.0 Å². The molecule has 4 aromatic carbocycles. The predicted molar refractivity (Wildman–Crippen MR) is 129 cm³/mol. The lowest BCUT2D eigenvalue weighted by Crippen LogP contribution is -2.18. The van der Waals surface area contributed by atoms with Crippen LogP contribution in [0.15, 0.2) is 84.0 Å². The Balaban J connectivity index is 1.44. The maximum atomic E-state index is 13.4. The van der Waals surface area contributed by atoms with Gasteiger partial charge in [-0.3, -0.25) is 4.79 Å². The molecule has 0 aliphatic heterocycles. The summed E-state index contributed by atoms with van der Waals surface area (Å²) in [6.45, 7) is 0.200. The van der Waals surface area contributed by atoms with Crippen LogP contribution in [0.5, 0.6) is 17.2 Å². The van der Waals surface area contributed by atoms with Gasteiger partial charge in [-0.05, 0) is 64.4 Å². The smallest absolute Gasteiger partial charge is 0.275 e. The number of halogens is 1. The molecular formula is C27H23FN2O4. The summed E-state index contributed by atoms with van der Waals surface area (Å²) in [5.74, 6) is 0.758. The van der Waals surface area contributed by atoms with E-state index < -0.39 is 0 Å². The summed E-state index contributed by atoms with van der Waals surface area (Å²) in [5, 5.41) is 5.97. The van der Waals surface area contributed by atoms with E-state index in [1.165, 1.54) is 32.6 Å². The van der Waals surface area contributed by atoms with Crippen molar-refractivity contribution in [2.24, 2.45) is 5.10 Å². The number of benzene rings is 4. The van der Waals surface area contributed by atoms with E-state index in [1.54, 1.807) is 36.4 Å². The molecule has 0 heterocycles. The van der Waals surface area contributed by atoms with E-state index in [0.29, 0.717) is 33.9 Å². The number of amides is 1. The topological polar surface area (TPSA) is 69.2 Å². The van der Waals surface area contributed by atoms with Crippen LogP contribution in [0.25, 0.3) is 10.8 Å². The molecule has 1 N–H and O–H groups in total. The molecule has 0 aromatic heterocycles. The van der Waals surface area contributed by atoms with Crippen molar-refractivity contribution in [2.45, 2.75) is 6.61 Å². The van der Waals surface area contributed by atoms with Crippen molar-refractivity contribution in [3.05, 3.63) is 101 Å². The van der Waals surface area contributed by atoms with Crippen LogP contribution in [0.1, 0.15) is 21.5 Å². The van der Waals surface area contributed by atoms with Crippen LogP contribution in [-0.2, 0) is 6.61 Å². The van der Waals surface area contributed by atoms with Gasteiger partial charge in [0, 0.05) is 0 Å². The third-order valence-corrected chi connectivity index (χ3v) is 5.16. The minimum Gasteiger partial charge on any atom is -0.496 e. The summed E-state index contributed by atoms with van der Waals surface area (Å²) < 4.78 is 29.9. The van der Waals surface area contributed by atoms with Crippen molar-refractivity contribution < 1.29 is 23.4 Å². The minimum absolute atomic E-state index is 0.200. The van der Waals surface area contributed by atoms with Gasteiger partial charge in [0.15, 0.2) is 11.5 Å². The molecule has 172 valence electrons. The largest absolute Gasteiger partial charge is 0.496 e. The van der Waals surface area contributed by atoms with Gasteiger partial charge >= 0.3 is 0 Å². The number of rotatable bonds is 8. The average Bonchev–Trinajstić information content (AvgIpc) is 2.86. The second-order valence-electron chi connectivity index (χ2n) is 7.43. The Morgan fingerprint density at radius 1 is 0.882 bits per heavy atom. The molecule has 0 bridgehead atoms. The van der Waals surface area contributed by atoms with E-state index in [2.05, 4.69) is 10.5 Å². The monoisotopic (exact) mass is 458 g/mol. The van der Waals surface area contributed by atoms with Crippen molar-refractivity contribution in [2.75, 3.05) is 14.2 Å². The summed E-state index contributed by atoms with van der Waals surface area (Å²) >= 11 is 0. The first kappa shape index (κ1) is 22.8. The zero-order valence-electron chi connectivity index (χ0n) is 18.7. The van der Waals surface area contributed by atoms with Crippen molar-refractivity contribution in [1.82, 2.24) is 5.43 Å². The fourth-order valence-corrected chi connectivity index (χ4v) is 3.46. The highest BCUT2D eigenvalue weighted by Crippen LogP contribution is 2.29. The second kappa shape index (κ2) is 10.5. The quantitative estimate of drug-likeness (QED) is 0.286. The Bertz CT molecular complexity index is 1350. The van der Waals surface area contributed by atoms with Gasteiger partial charge in [-0.2, -0.15) is 5.10 Å². The molecule has 7 heteroatoms. The molecule has 1 amide bonds. The van der Waals surface area contributed by atoms with Crippen molar-refractivity contribution in [3.8, 4) is 17.2 Å². The number of hydrazone groups is 1. The van der Waals surface area contributed by atoms with E-state index >= 15 is 0 Å². The molecule has 0 spiro atoms. The van der Waals surface area contributed by atoms with Gasteiger partial charge in [0.25, 0.3) is 5.91 Å². The lowest BCUT2D eigenvalue weighted by atomic mass is 10.1. The second-order valence-corrected chi connectivity index (χ2v) is 7.43. The van der Waals surface area contributed by atoms with Gasteiger partial charge < -0.3 is 14.2 Å². The van der Waals surface area contributed by atoms with E-state index in [4.69, 9.17) is 14.2 Å². The minimum atomic E-state index is -0.388. The first-order valence-corrected chi connectivity index (χ1v) is 10.5. The molecule has 6 nitrogen and oxygen atoms in total. The third-order valence-electron chi connectivity index (χ3n) is 5.16. The highest BCUT2D eigenvalue weighted by molar-refractivity contribution is 6.02. The number of ether oxygens (including phenoxy) is 3. The maximum Gasteiger partial charge on any atom is 0.275 e. The molecule has 0 unspecified atom stereocenters. The van der Waals surface area contributed by atoms with Crippen molar-refractivity contribution in [1.29, 1.82) is 0 Å². The van der Waals surface area contributed by atoms with Crippen LogP contribution >= 0.6 is 0 Å². The highest BCUT2D eigenvalue weighted by Gasteiger charge is 2.13. The fraction of sp³-hybridized carbons (Fsp3) is 0.111. The van der Waals surface area contributed by atoms with Crippen LogP contribution in [0.4, 0.5) is 4.39 Å². The number of carbonyl (C=O) groups excluding carboxylic acids is 1. The van der Waals surface area contributed by atoms with E-state index in [1.807, 2.05) is 30.3 Å². The first-order chi connectivity index (χ1) is 16.6. The summed E-state index contributed by atoms with van der Waals surface area (Å²) in [7, 11) is 3.05. The first-order valence-electron chi connectivity index (χ1n) is 10.5. The van der Waals surface area contributed by atoms with E-state index in [9.17, 15) is 9.18 Å². The summed E-state index contributed by atoms with van der Waals surface area (Å²) in [6.07, 6.45) is 1.50. The Hall–Kier alpha value is -4.39. The Labute approximate surface area is 196 Å². The van der Waals surface area contributed by atoms with E-state index in [-0.39, 0.29) is 18.3 Å². The molecule has 34 heavy (non-hydrogen) atoms. The Morgan fingerprint density at radius 2 is 1.65 bits per heavy atom. The molecule has 0 aliphatic carbocycles. The van der Waals surface area contributed by atoms with E-state index in [0.717, 1.165) is 10.8 Å². The number of nitrogens with one attached hydrogen (secondary N) is 1. The van der Waals surface area contributed by atoms with Crippen molar-refractivity contribution >= 4 is 22.9 Å². The van der Waals surface area contributed by atoms with Crippen molar-refractivity contribution in [3.63, 3.8) is 0 Å². The Morgan fingerprint density at radius 3 is 2.38 bits per heavy atom. The normalized spacial score (nSPS) is 10.9. The molecule has 0 aliphatic rings. The number of carbonyl (C=O) groups is 1. The lowest BCUT2D eigenvalue weighted by molar-refractivity contribution is 0.0952. The highest BCUT2D eigenvalue weighted by atomic mass is 19.1. The summed E-state index contributed by atoms with van der Waals surface area (Å²) in [4.78, 5) is 12.7. The Kier molecular flexibility index (Phi) is 7.03. The van der Waals surface area contributed by atoms with Gasteiger partial charge in [-0.1, -0.05) is 36.4 Å². The molecular weight excluding hydrogens is 435 g/mol. The standard InChI is InChI=1S/C27H23FN2O4/c1-32-25-15-21-8-4-3-7-20(21)14-23(25)27(31)30-29-16-18-10-11-24(26(13-18)33-2)34-17-19-6-5-9-22(28)12-19/h3-16H,17H2,1-2H3,(H,30,31). The molecule has 0 radical (unpaired) electrons. The third kappa shape index (κ3) is 5.32. The molecule has 4 rings (SSSR count). The SMILES string of the molecule is COc1cc(C=NNC(=O)c2cc3ccccc3cc2OC)ccc1OCc1cccc(F)c1. The molecule has 0 fully saturated rings. The zero-order valence-corrected chi connectivity index (χ0v) is 18.7. The molecule has 0 saturated carbocycles. The predicted octanol–water partition coefficient (Wildman–Crippen LogP) is 5.34. The average molecular weight is 458 g/mol. The summed E-state index contributed by atoms with van der Waals surface area (Å²) in [6, 6.07) is 22.8. The van der Waals surface area contributed by atoms with Crippen LogP contribution in [0.3, 0.4) is 0 Å². The number of nitrogens with zero attached hydrogens (tertiary/aromatic N) is 1. The number of hydrogen-bond acceptors (Lipinski definition) is 5. The van der Waals surface area contributed by atoms with Gasteiger partial charge in [-0.15, -0.1) is 0 Å². The number of methoxy groups -OCH3 is 2. The van der Waals surface area contributed by atoms with Gasteiger partial charge in [0.1, 0.15) is 18.2 Å². The molecule has 4 aromatic rings. The number of hydrogen-bond donors (Lipinski definition) is 1. The van der Waals surface area contributed by atoms with Gasteiger partial charge in [-0.25, -0.2) is 9.82 Å². The van der Waals surface area contributed by atoms with Crippen LogP contribution < -0.4 is 19.6 Å². The molecule has 0 saturated heterocycles. The fourth-order valence-electron chi connectivity index (χ4n) is 3.46. The van der Waals surface area contributed by atoms with Gasteiger partial charge in [0.2, 0.25) is 0 Å². The van der Waals surface area contributed by atoms with Crippen LogP contribution in [0, 0.1) is 5.82 Å². The van der Waals surface area contributed by atoms with Crippen LogP contribution in [-0.4, -0.2) is 26.3 Å². The lowest BCUT2D eigenvalue weighted by Gasteiger charge is -2.11. The summed E-state index contributed by atoms with van der Waals surface area (Å²) in [5.41, 5.74) is 4.32. The number of fused-ring (bicyclic) bond motifs is 1. The zero-order chi connectivity index (χ0) is 23.9. The molecule has 0 atom stereocenters. The maximum absolute atomic E-state index is 13.4.